The summed E-state index contributed by atoms with van der Waals surface area (Å²) in [5.74, 6) is -0.446. The molecule has 1 aromatic heterocycles. The van der Waals surface area contributed by atoms with Gasteiger partial charge in [0.2, 0.25) is 0 Å². The van der Waals surface area contributed by atoms with E-state index in [9.17, 15) is 13.2 Å². The number of nitrogens with one attached hydrogen (secondary N) is 1. The van der Waals surface area contributed by atoms with Crippen molar-refractivity contribution in [1.29, 1.82) is 0 Å². The highest BCUT2D eigenvalue weighted by molar-refractivity contribution is 7.89. The van der Waals surface area contributed by atoms with Crippen molar-refractivity contribution in [3.05, 3.63) is 17.8 Å². The van der Waals surface area contributed by atoms with Gasteiger partial charge in [0.1, 0.15) is 0 Å². The molecule has 7 nitrogen and oxygen atoms in total. The van der Waals surface area contributed by atoms with Crippen molar-refractivity contribution in [2.24, 2.45) is 5.14 Å². The van der Waals surface area contributed by atoms with Gasteiger partial charge >= 0.3 is 0 Å². The third-order valence-corrected chi connectivity index (χ3v) is 2.19. The zero-order valence-electron chi connectivity index (χ0n) is 7.26. The second-order valence-corrected chi connectivity index (χ2v) is 3.89. The minimum atomic E-state index is -3.86. The van der Waals surface area contributed by atoms with Crippen LogP contribution in [0.2, 0.25) is 0 Å². The van der Waals surface area contributed by atoms with Crippen molar-refractivity contribution in [3.8, 4) is 0 Å². The molecule has 0 saturated heterocycles. The lowest BCUT2D eigenvalue weighted by atomic mass is 10.4. The van der Waals surface area contributed by atoms with E-state index < -0.39 is 15.9 Å². The first-order valence-corrected chi connectivity index (χ1v) is 5.08. The molecule has 0 bridgehead atoms. The van der Waals surface area contributed by atoms with E-state index in [1.165, 1.54) is 13.1 Å². The van der Waals surface area contributed by atoms with Crippen molar-refractivity contribution in [3.63, 3.8) is 0 Å². The van der Waals surface area contributed by atoms with Crippen LogP contribution in [0.3, 0.4) is 0 Å². The lowest BCUT2D eigenvalue weighted by Crippen LogP contribution is -2.21. The third-order valence-electron chi connectivity index (χ3n) is 1.39. The summed E-state index contributed by atoms with van der Waals surface area (Å²) < 4.78 is 21.5. The predicted molar refractivity (Wildman–Crippen MR) is 46.8 cm³/mol. The monoisotopic (exact) mass is 216 g/mol. The fourth-order valence-electron chi connectivity index (χ4n) is 0.721. The Hall–Kier alpha value is -1.54. The van der Waals surface area contributed by atoms with E-state index in [2.05, 4.69) is 15.5 Å². The fraction of sp³-hybridized carbons (Fsp3) is 0.167. The van der Waals surface area contributed by atoms with Crippen LogP contribution in [0.1, 0.15) is 10.5 Å². The van der Waals surface area contributed by atoms with Gasteiger partial charge in [-0.3, -0.25) is 4.79 Å². The first-order valence-electron chi connectivity index (χ1n) is 3.54. The van der Waals surface area contributed by atoms with Crippen LogP contribution in [0.15, 0.2) is 17.2 Å². The highest BCUT2D eigenvalue weighted by atomic mass is 32.2. The van der Waals surface area contributed by atoms with Crippen molar-refractivity contribution in [1.82, 2.24) is 15.5 Å². The van der Waals surface area contributed by atoms with Gasteiger partial charge in [-0.2, -0.15) is 0 Å². The number of carbonyl (C=O) groups excluding carboxylic acids is 1. The smallest absolute Gasteiger partial charge is 0.271 e. The number of carbonyl (C=O) groups is 1. The van der Waals surface area contributed by atoms with E-state index in [1.54, 1.807) is 0 Å². The molecule has 0 saturated carbocycles. The molecule has 1 rings (SSSR count). The van der Waals surface area contributed by atoms with Crippen LogP contribution in [0.25, 0.3) is 0 Å². The number of sulfonamides is 1. The highest BCUT2D eigenvalue weighted by Gasteiger charge is 2.12. The molecule has 14 heavy (non-hydrogen) atoms. The van der Waals surface area contributed by atoms with Crippen LogP contribution in [-0.2, 0) is 10.0 Å². The fourth-order valence-corrected chi connectivity index (χ4v) is 1.13. The molecule has 0 aliphatic carbocycles. The van der Waals surface area contributed by atoms with E-state index in [0.717, 1.165) is 6.07 Å². The molecule has 0 atom stereocenters. The van der Waals surface area contributed by atoms with Gasteiger partial charge in [0.15, 0.2) is 10.7 Å². The van der Waals surface area contributed by atoms with Gasteiger partial charge in [0.25, 0.3) is 15.9 Å². The second-order valence-electron chi connectivity index (χ2n) is 2.38. The van der Waals surface area contributed by atoms with Crippen molar-refractivity contribution in [2.45, 2.75) is 5.03 Å². The standard InChI is InChI=1S/C6H8N4O3S/c1-8-6(11)4-2-3-5(10-9-4)14(7,12)13/h2-3H,1H3,(H,8,11)(H2,7,12,13). The quantitative estimate of drug-likeness (QED) is 0.623. The molecule has 0 unspecified atom stereocenters. The number of primary sulfonamides is 1. The molecule has 8 heteroatoms. The summed E-state index contributed by atoms with van der Waals surface area (Å²) in [6.45, 7) is 0. The molecule has 0 spiro atoms. The molecular formula is C6H8N4O3S. The lowest BCUT2D eigenvalue weighted by Gasteiger charge is -1.98. The minimum absolute atomic E-state index is 0.0277. The molecule has 1 aromatic rings. The van der Waals surface area contributed by atoms with Crippen molar-refractivity contribution >= 4 is 15.9 Å². The first kappa shape index (κ1) is 10.5. The second kappa shape index (κ2) is 3.68. The summed E-state index contributed by atoms with van der Waals surface area (Å²) in [4.78, 5) is 11.0. The number of hydrogen-bond acceptors (Lipinski definition) is 5. The average Bonchev–Trinajstić information content (AvgIpc) is 2.15. The van der Waals surface area contributed by atoms with Crippen LogP contribution >= 0.6 is 0 Å². The highest BCUT2D eigenvalue weighted by Crippen LogP contribution is 2.01. The van der Waals surface area contributed by atoms with Crippen LogP contribution in [0.4, 0.5) is 0 Å². The van der Waals surface area contributed by atoms with Gasteiger partial charge in [-0.1, -0.05) is 0 Å². The normalized spacial score (nSPS) is 11.0. The maximum Gasteiger partial charge on any atom is 0.271 e. The molecule has 1 heterocycles. The molecular weight excluding hydrogens is 208 g/mol. The largest absolute Gasteiger partial charge is 0.354 e. The minimum Gasteiger partial charge on any atom is -0.354 e. The van der Waals surface area contributed by atoms with Crippen molar-refractivity contribution < 1.29 is 13.2 Å². The maximum absolute atomic E-state index is 11.0. The molecule has 0 radical (unpaired) electrons. The lowest BCUT2D eigenvalue weighted by molar-refractivity contribution is 0.0957. The summed E-state index contributed by atoms with van der Waals surface area (Å²) in [6, 6.07) is 2.35. The Kier molecular flexibility index (Phi) is 2.77. The van der Waals surface area contributed by atoms with Gasteiger partial charge in [0.05, 0.1) is 0 Å². The van der Waals surface area contributed by atoms with Crippen LogP contribution < -0.4 is 10.5 Å². The Labute approximate surface area is 80.4 Å². The maximum atomic E-state index is 11.0. The van der Waals surface area contributed by atoms with E-state index in [4.69, 9.17) is 5.14 Å². The van der Waals surface area contributed by atoms with Crippen LogP contribution in [0, 0.1) is 0 Å². The predicted octanol–water partition coefficient (Wildman–Crippen LogP) is -1.52. The number of nitrogens with zero attached hydrogens (tertiary/aromatic N) is 2. The van der Waals surface area contributed by atoms with Gasteiger partial charge in [-0.05, 0) is 12.1 Å². The first-order chi connectivity index (χ1) is 6.45. The average molecular weight is 216 g/mol. The van der Waals surface area contributed by atoms with Gasteiger partial charge in [-0.15, -0.1) is 10.2 Å². The molecule has 0 aliphatic heterocycles. The van der Waals surface area contributed by atoms with E-state index in [1.807, 2.05) is 0 Å². The van der Waals surface area contributed by atoms with Crippen molar-refractivity contribution in [2.75, 3.05) is 7.05 Å². The number of rotatable bonds is 2. The third kappa shape index (κ3) is 2.24. The molecule has 3 N–H and O–H groups in total. The van der Waals surface area contributed by atoms with Crippen LogP contribution in [-0.4, -0.2) is 31.6 Å². The Bertz CT molecular complexity index is 439. The Morgan fingerprint density at radius 1 is 1.43 bits per heavy atom. The summed E-state index contributed by atoms with van der Waals surface area (Å²) in [5.41, 5.74) is 0.0277. The molecule has 0 aliphatic rings. The molecule has 0 aromatic carbocycles. The van der Waals surface area contributed by atoms with Gasteiger partial charge in [0, 0.05) is 7.05 Å². The Morgan fingerprint density at radius 2 is 2.07 bits per heavy atom. The topological polar surface area (TPSA) is 115 Å². The molecule has 0 fully saturated rings. The number of nitrogens with two attached hydrogens (primary N) is 1. The number of hydrogen-bond donors (Lipinski definition) is 2. The van der Waals surface area contributed by atoms with E-state index in [0.29, 0.717) is 0 Å². The van der Waals surface area contributed by atoms with Gasteiger partial charge in [-0.25, -0.2) is 13.6 Å². The van der Waals surface area contributed by atoms with Crippen LogP contribution in [0.5, 0.6) is 0 Å². The Morgan fingerprint density at radius 3 is 2.43 bits per heavy atom. The summed E-state index contributed by atoms with van der Waals surface area (Å²) >= 11 is 0. The van der Waals surface area contributed by atoms with E-state index in [-0.39, 0.29) is 10.7 Å². The summed E-state index contributed by atoms with van der Waals surface area (Å²) in [7, 11) is -2.43. The SMILES string of the molecule is CNC(=O)c1ccc(S(N)(=O)=O)nn1. The number of amides is 1. The van der Waals surface area contributed by atoms with Gasteiger partial charge < -0.3 is 5.32 Å². The zero-order valence-corrected chi connectivity index (χ0v) is 8.08. The number of aromatic nitrogens is 2. The zero-order chi connectivity index (χ0) is 10.8. The molecule has 76 valence electrons. The molecule has 1 amide bonds. The summed E-state index contributed by atoms with van der Waals surface area (Å²) in [6.07, 6.45) is 0. The van der Waals surface area contributed by atoms with E-state index >= 15 is 0 Å². The summed E-state index contributed by atoms with van der Waals surface area (Å²) in [5, 5.41) is 13.4. The Balaban J connectivity index is 3.07.